The van der Waals surface area contributed by atoms with Gasteiger partial charge in [-0.3, -0.25) is 0 Å². The van der Waals surface area contributed by atoms with E-state index in [0.717, 1.165) is 17.8 Å². The van der Waals surface area contributed by atoms with Crippen LogP contribution in [0.1, 0.15) is 26.2 Å². The molecule has 2 heterocycles. The van der Waals surface area contributed by atoms with Crippen LogP contribution in [0.2, 0.25) is 0 Å². The van der Waals surface area contributed by atoms with Gasteiger partial charge in [-0.15, -0.1) is 0 Å². The van der Waals surface area contributed by atoms with E-state index in [1.54, 1.807) is 6.92 Å². The molecule has 14 heavy (non-hydrogen) atoms. The Bertz CT molecular complexity index is 248. The molecule has 3 N–H and O–H groups in total. The first-order valence-electron chi connectivity index (χ1n) is 5.12. The van der Waals surface area contributed by atoms with Gasteiger partial charge in [0.1, 0.15) is 6.23 Å². The first-order chi connectivity index (χ1) is 6.70. The van der Waals surface area contributed by atoms with Gasteiger partial charge in [0.25, 0.3) is 5.90 Å². The van der Waals surface area contributed by atoms with Gasteiger partial charge in [0.05, 0.1) is 13.1 Å². The van der Waals surface area contributed by atoms with Crippen LogP contribution in [0.5, 0.6) is 0 Å². The summed E-state index contributed by atoms with van der Waals surface area (Å²) in [6.45, 7) is 3.75. The number of hydrogen-bond acceptors (Lipinski definition) is 1. The molecule has 0 bridgehead atoms. The molecule has 5 heteroatoms. The molecule has 0 aromatic rings. The second-order valence-corrected chi connectivity index (χ2v) is 3.93. The zero-order valence-corrected chi connectivity index (χ0v) is 8.42. The lowest BCUT2D eigenvalue weighted by Gasteiger charge is -2.28. The molecule has 0 amide bonds. The summed E-state index contributed by atoms with van der Waals surface area (Å²) in [7, 11) is 0. The predicted octanol–water partition coefficient (Wildman–Crippen LogP) is -0.143. The molecule has 2 aliphatic heterocycles. The van der Waals surface area contributed by atoms with Crippen LogP contribution >= 0.6 is 0 Å². The molecule has 0 aromatic carbocycles. The van der Waals surface area contributed by atoms with E-state index in [0.29, 0.717) is 6.23 Å². The number of ether oxygens (including phenoxy) is 1. The van der Waals surface area contributed by atoms with Crippen LogP contribution in [0.15, 0.2) is 0 Å². The van der Waals surface area contributed by atoms with Crippen molar-refractivity contribution >= 4 is 5.90 Å². The number of rotatable bonds is 1. The van der Waals surface area contributed by atoms with Crippen molar-refractivity contribution in [3.05, 3.63) is 12.1 Å². The van der Waals surface area contributed by atoms with Crippen LogP contribution in [0.4, 0.5) is 0 Å². The highest BCUT2D eigenvalue weighted by molar-refractivity contribution is 5.73. The summed E-state index contributed by atoms with van der Waals surface area (Å²) >= 11 is 0. The average Bonchev–Trinajstić information content (AvgIpc) is 2.47. The molecular formula is C9H17N3O2. The van der Waals surface area contributed by atoms with Gasteiger partial charge in [0.15, 0.2) is 0 Å². The van der Waals surface area contributed by atoms with Crippen molar-refractivity contribution in [2.75, 3.05) is 13.1 Å². The summed E-state index contributed by atoms with van der Waals surface area (Å²) in [5, 5.41) is 9.67. The monoisotopic (exact) mass is 199 g/mol. The van der Waals surface area contributed by atoms with Crippen molar-refractivity contribution < 1.29 is 19.4 Å². The largest absolute Gasteiger partial charge is 0.541 e. The highest BCUT2D eigenvalue weighted by atomic mass is 16.6. The molecule has 0 aliphatic carbocycles. The smallest absolute Gasteiger partial charge is 0.275 e. The summed E-state index contributed by atoms with van der Waals surface area (Å²) in [6.07, 6.45) is 3.75. The fourth-order valence-electron chi connectivity index (χ4n) is 2.09. The second kappa shape index (κ2) is 3.67. The predicted molar refractivity (Wildman–Crippen MR) is 50.6 cm³/mol. The molecule has 0 aromatic heterocycles. The Morgan fingerprint density at radius 2 is 2.14 bits per heavy atom. The van der Waals surface area contributed by atoms with E-state index in [1.165, 1.54) is 24.2 Å². The average molecular weight is 199 g/mol. The highest BCUT2D eigenvalue weighted by Crippen LogP contribution is 2.14. The molecule has 0 spiro atoms. The van der Waals surface area contributed by atoms with Gasteiger partial charge in [-0.1, -0.05) is 0 Å². The van der Waals surface area contributed by atoms with E-state index in [9.17, 15) is 5.11 Å². The van der Waals surface area contributed by atoms with E-state index in [-0.39, 0.29) is 12.1 Å². The third-order valence-corrected chi connectivity index (χ3v) is 2.93. The van der Waals surface area contributed by atoms with Crippen LogP contribution in [0.3, 0.4) is 0 Å². The van der Waals surface area contributed by atoms with Crippen molar-refractivity contribution in [3.8, 4) is 0 Å². The lowest BCUT2D eigenvalue weighted by molar-refractivity contribution is -0.940. The van der Waals surface area contributed by atoms with E-state index < -0.39 is 0 Å². The minimum Gasteiger partial charge on any atom is -0.541 e. The topological polar surface area (TPSA) is 60.7 Å². The standard InChI is InChI=1S/C9H16N3O2/c1-7-12(10)8(13)9(14-7)11-5-3-2-4-6-11/h9-10,13H,2-6H2,1H3/q-1/p+1. The van der Waals surface area contributed by atoms with Crippen molar-refractivity contribution in [2.24, 2.45) is 0 Å². The minimum atomic E-state index is -0.340. The molecule has 1 saturated heterocycles. The number of aliphatic hydroxyl groups is 1. The molecule has 0 saturated carbocycles. The van der Waals surface area contributed by atoms with Crippen LogP contribution in [-0.2, 0) is 4.74 Å². The summed E-state index contributed by atoms with van der Waals surface area (Å²) in [4.78, 5) is 1.24. The van der Waals surface area contributed by atoms with Crippen molar-refractivity contribution in [3.63, 3.8) is 0 Å². The lowest BCUT2D eigenvalue weighted by Crippen LogP contribution is -3.17. The minimum absolute atomic E-state index is 0.0272. The lowest BCUT2D eigenvalue weighted by atomic mass is 10.1. The van der Waals surface area contributed by atoms with Gasteiger partial charge in [-0.25, -0.2) is 0 Å². The Hall–Kier alpha value is -0.940. The van der Waals surface area contributed by atoms with Crippen LogP contribution in [0, 0.1) is 6.23 Å². The molecular weight excluding hydrogens is 182 g/mol. The van der Waals surface area contributed by atoms with E-state index in [2.05, 4.69) is 0 Å². The number of nitrogens with one attached hydrogen (secondary N) is 2. The van der Waals surface area contributed by atoms with Crippen molar-refractivity contribution in [1.82, 2.24) is 0 Å². The van der Waals surface area contributed by atoms with Crippen LogP contribution in [-0.4, -0.2) is 35.0 Å². The van der Waals surface area contributed by atoms with Gasteiger partial charge < -0.3 is 25.3 Å². The zero-order chi connectivity index (χ0) is 10.1. The molecule has 80 valence electrons. The Morgan fingerprint density at radius 1 is 1.50 bits per heavy atom. The molecule has 1 unspecified atom stereocenters. The molecule has 1 fully saturated rings. The maximum atomic E-state index is 9.67. The Morgan fingerprint density at radius 3 is 2.64 bits per heavy atom. The van der Waals surface area contributed by atoms with E-state index in [1.807, 2.05) is 0 Å². The second-order valence-electron chi connectivity index (χ2n) is 3.93. The Kier molecular flexibility index (Phi) is 2.52. The van der Waals surface area contributed by atoms with E-state index >= 15 is 0 Å². The first-order valence-corrected chi connectivity index (χ1v) is 5.12. The Balaban J connectivity index is 2.05. The number of nitrogens with zero attached hydrogens (tertiary/aromatic N) is 1. The molecule has 5 nitrogen and oxygen atoms in total. The Labute approximate surface area is 83.7 Å². The summed E-state index contributed by atoms with van der Waals surface area (Å²) in [5.41, 5.74) is 0. The maximum absolute atomic E-state index is 9.67. The number of piperidine rings is 1. The van der Waals surface area contributed by atoms with Crippen molar-refractivity contribution in [1.29, 1.82) is 0 Å². The third kappa shape index (κ3) is 1.53. The maximum Gasteiger partial charge on any atom is 0.275 e. The molecule has 1 atom stereocenters. The summed E-state index contributed by atoms with van der Waals surface area (Å²) < 4.78 is 6.43. The fraction of sp³-hybridized carbons (Fsp3) is 0.778. The SMILES string of the molecule is C[C-]1OC([NH+]2CCCCC2)C(O)=[N+]1[NH-]. The van der Waals surface area contributed by atoms with Crippen LogP contribution in [0.25, 0.3) is 5.84 Å². The van der Waals surface area contributed by atoms with Gasteiger partial charge in [0.2, 0.25) is 6.23 Å². The molecule has 2 aliphatic rings. The molecule has 2 rings (SSSR count). The summed E-state index contributed by atoms with van der Waals surface area (Å²) in [5.74, 6) is 7.49. The van der Waals surface area contributed by atoms with Gasteiger partial charge >= 0.3 is 0 Å². The normalized spacial score (nSPS) is 30.1. The number of aliphatic hydroxyl groups excluding tert-OH is 1. The first kappa shape index (κ1) is 9.61. The van der Waals surface area contributed by atoms with Gasteiger partial charge in [0, 0.05) is 0 Å². The van der Waals surface area contributed by atoms with Crippen LogP contribution < -0.4 is 4.90 Å². The zero-order valence-electron chi connectivity index (χ0n) is 8.42. The van der Waals surface area contributed by atoms with Gasteiger partial charge in [-0.05, 0) is 26.2 Å². The van der Waals surface area contributed by atoms with Crippen molar-refractivity contribution in [2.45, 2.75) is 32.4 Å². The molecule has 0 radical (unpaired) electrons. The third-order valence-electron chi connectivity index (χ3n) is 2.93. The summed E-state index contributed by atoms with van der Waals surface area (Å²) in [6, 6.07) is 0. The fourth-order valence-corrected chi connectivity index (χ4v) is 2.09. The van der Waals surface area contributed by atoms with E-state index in [4.69, 9.17) is 10.6 Å². The number of likely N-dealkylation sites (tertiary alicyclic amines) is 1. The number of hydrogen-bond donors (Lipinski definition) is 2. The number of quaternary nitrogens is 1. The highest BCUT2D eigenvalue weighted by Gasteiger charge is 2.35. The van der Waals surface area contributed by atoms with Gasteiger partial charge in [-0.2, -0.15) is 0 Å². The quantitative estimate of drug-likeness (QED) is 0.456.